The number of aliphatic hydroxyl groups excluding tert-OH is 6. The zero-order chi connectivity index (χ0) is 29.7. The molecule has 0 aromatic rings. The lowest BCUT2D eigenvalue weighted by atomic mass is 9.96. The monoisotopic (exact) mass is 600 g/mol. The summed E-state index contributed by atoms with van der Waals surface area (Å²) < 4.78 is 32.2. The number of aliphatic hydroxyl groups is 6. The number of hydrogen-bond acceptors (Lipinski definition) is 14. The average molecular weight is 601 g/mol. The van der Waals surface area contributed by atoms with Crippen molar-refractivity contribution in [2.24, 2.45) is 0 Å². The highest BCUT2D eigenvalue weighted by atomic mass is 28.4. The first-order valence-electron chi connectivity index (χ1n) is 12.5. The van der Waals surface area contributed by atoms with Crippen LogP contribution in [0.3, 0.4) is 0 Å². The number of esters is 2. The van der Waals surface area contributed by atoms with E-state index in [1.54, 1.807) is 26.2 Å². The summed E-state index contributed by atoms with van der Waals surface area (Å²) in [4.78, 5) is 25.0. The highest BCUT2D eigenvalue weighted by molar-refractivity contribution is 6.87. The van der Waals surface area contributed by atoms with E-state index >= 15 is 0 Å². The maximum absolute atomic E-state index is 12.5. The zero-order valence-corrected chi connectivity index (χ0v) is 24.6. The van der Waals surface area contributed by atoms with Crippen LogP contribution in [0.4, 0.5) is 0 Å². The molecule has 0 aromatic carbocycles. The molecular formula is C23H44O14Si2. The summed E-state index contributed by atoms with van der Waals surface area (Å²) in [6, 6.07) is -0.141. The van der Waals surface area contributed by atoms with Crippen molar-refractivity contribution in [2.75, 3.05) is 13.2 Å². The second kappa shape index (κ2) is 13.8. The first-order chi connectivity index (χ1) is 18.0. The molecule has 2 saturated heterocycles. The van der Waals surface area contributed by atoms with Crippen LogP contribution in [0, 0.1) is 12.5 Å². The van der Waals surface area contributed by atoms with Crippen molar-refractivity contribution in [3.05, 3.63) is 0 Å². The quantitative estimate of drug-likeness (QED) is 0.0885. The van der Waals surface area contributed by atoms with Gasteiger partial charge in [-0.15, -0.1) is 0 Å². The molecule has 10 unspecified atom stereocenters. The fourth-order valence-corrected chi connectivity index (χ4v) is 12.6. The molecule has 2 aliphatic heterocycles. The van der Waals surface area contributed by atoms with E-state index in [0.29, 0.717) is 0 Å². The van der Waals surface area contributed by atoms with Crippen LogP contribution in [-0.2, 0) is 37.4 Å². The van der Waals surface area contributed by atoms with E-state index in [-0.39, 0.29) is 21.5 Å². The van der Waals surface area contributed by atoms with Crippen molar-refractivity contribution < 1.29 is 70.9 Å². The normalized spacial score (nSPS) is 35.5. The molecule has 39 heavy (non-hydrogen) atoms. The van der Waals surface area contributed by atoms with Gasteiger partial charge in [0.05, 0.1) is 18.2 Å². The molecule has 2 fully saturated rings. The van der Waals surface area contributed by atoms with Gasteiger partial charge in [0.2, 0.25) is 6.29 Å². The van der Waals surface area contributed by atoms with Gasteiger partial charge in [-0.2, -0.15) is 0 Å². The Morgan fingerprint density at radius 3 is 1.67 bits per heavy atom. The topological polar surface area (TPSA) is 211 Å². The van der Waals surface area contributed by atoms with E-state index in [4.69, 9.17) is 34.2 Å². The second-order valence-corrected chi connectivity index (χ2v) is 19.5. The SMILES string of the molecule is C#COC1OC(COC(=O)C[Si](C)(C)O[Si](C)(C)CC(=O)OCC2OC(C)C(O)C(O)C2O)C(O)C(O)C1O.[HH].[HH]. The predicted molar refractivity (Wildman–Crippen MR) is 141 cm³/mol. The van der Waals surface area contributed by atoms with Gasteiger partial charge in [-0.05, 0) is 33.1 Å². The van der Waals surface area contributed by atoms with Gasteiger partial charge < -0.3 is 58.4 Å². The second-order valence-electron chi connectivity index (χ2n) is 10.9. The first kappa shape index (κ1) is 33.6. The maximum atomic E-state index is 12.5. The highest BCUT2D eigenvalue weighted by Gasteiger charge is 2.46. The summed E-state index contributed by atoms with van der Waals surface area (Å²) in [5.74, 6) is -1.25. The molecule has 10 atom stereocenters. The van der Waals surface area contributed by atoms with Crippen molar-refractivity contribution >= 4 is 28.6 Å². The molecule has 2 rings (SSSR count). The van der Waals surface area contributed by atoms with E-state index in [2.05, 4.69) is 0 Å². The highest BCUT2D eigenvalue weighted by Crippen LogP contribution is 2.26. The summed E-state index contributed by atoms with van der Waals surface area (Å²) in [6.45, 7) is 7.89. The molecule has 0 amide bonds. The van der Waals surface area contributed by atoms with Crippen LogP contribution in [0.25, 0.3) is 0 Å². The minimum absolute atomic E-state index is 0. The Balaban J connectivity index is 0.00000800. The van der Waals surface area contributed by atoms with Crippen LogP contribution in [0.1, 0.15) is 9.78 Å². The lowest BCUT2D eigenvalue weighted by Gasteiger charge is -2.39. The number of rotatable bonds is 11. The third-order valence-electron chi connectivity index (χ3n) is 6.31. The maximum Gasteiger partial charge on any atom is 0.305 e. The lowest BCUT2D eigenvalue weighted by Crippen LogP contribution is -2.59. The van der Waals surface area contributed by atoms with Crippen LogP contribution >= 0.6 is 0 Å². The number of carbonyl (C=O) groups is 2. The molecular weight excluding hydrogens is 556 g/mol. The summed E-state index contributed by atoms with van der Waals surface area (Å²) in [5, 5.41) is 59.7. The van der Waals surface area contributed by atoms with Crippen molar-refractivity contribution in [1.82, 2.24) is 0 Å². The van der Waals surface area contributed by atoms with Gasteiger partial charge in [0.25, 0.3) is 0 Å². The van der Waals surface area contributed by atoms with Crippen LogP contribution in [-0.4, -0.2) is 134 Å². The molecule has 2 aliphatic rings. The van der Waals surface area contributed by atoms with Gasteiger partial charge in [-0.25, -0.2) is 0 Å². The summed E-state index contributed by atoms with van der Waals surface area (Å²) in [7, 11) is -5.39. The summed E-state index contributed by atoms with van der Waals surface area (Å²) in [5.41, 5.74) is 0. The van der Waals surface area contributed by atoms with E-state index in [1.165, 1.54) is 6.92 Å². The summed E-state index contributed by atoms with van der Waals surface area (Å²) >= 11 is 0. The Bertz CT molecular complexity index is 891. The lowest BCUT2D eigenvalue weighted by molar-refractivity contribution is -0.285. The van der Waals surface area contributed by atoms with Crippen molar-refractivity contribution in [3.63, 3.8) is 0 Å². The smallest absolute Gasteiger partial charge is 0.305 e. The molecule has 16 heteroatoms. The minimum atomic E-state index is -2.71. The van der Waals surface area contributed by atoms with Gasteiger partial charge in [0.1, 0.15) is 68.2 Å². The van der Waals surface area contributed by atoms with Crippen LogP contribution in [0.15, 0.2) is 0 Å². The van der Waals surface area contributed by atoms with Crippen LogP contribution < -0.4 is 0 Å². The van der Waals surface area contributed by atoms with Gasteiger partial charge >= 0.3 is 11.9 Å². The molecule has 0 aliphatic carbocycles. The standard InChI is InChI=1S/C23H40O14Si2.2H2/c1-7-32-23-22(31)21(30)19(28)14(36-23)9-34-16(25)11-39(5,6)37-38(3,4)10-15(24)33-8-13-18(27)20(29)17(26)12(2)35-13;;/h1,12-14,17-23,26-31H,8-11H2,2-6H3;2*1H. The van der Waals surface area contributed by atoms with Crippen LogP contribution in [0.2, 0.25) is 38.3 Å². The van der Waals surface area contributed by atoms with Gasteiger partial charge in [0.15, 0.2) is 16.6 Å². The van der Waals surface area contributed by atoms with Crippen molar-refractivity contribution in [1.29, 1.82) is 0 Å². The molecule has 6 N–H and O–H groups in total. The fraction of sp³-hybridized carbons (Fsp3) is 0.826. The van der Waals surface area contributed by atoms with E-state index in [0.717, 1.165) is 0 Å². The first-order valence-corrected chi connectivity index (χ1v) is 18.7. The predicted octanol–water partition coefficient (Wildman–Crippen LogP) is -1.72. The van der Waals surface area contributed by atoms with E-state index < -0.39 is 96.4 Å². The Morgan fingerprint density at radius 1 is 0.769 bits per heavy atom. The molecule has 14 nitrogen and oxygen atoms in total. The minimum Gasteiger partial charge on any atom is -0.463 e. The van der Waals surface area contributed by atoms with Gasteiger partial charge in [-0.1, -0.05) is 6.42 Å². The molecule has 0 saturated carbocycles. The third-order valence-corrected chi connectivity index (χ3v) is 13.0. The molecule has 0 aromatic heterocycles. The number of hydrogen-bond donors (Lipinski definition) is 6. The molecule has 0 bridgehead atoms. The number of carbonyl (C=O) groups excluding carboxylic acids is 2. The zero-order valence-electron chi connectivity index (χ0n) is 22.6. The molecule has 2 heterocycles. The number of terminal acetylenes is 1. The Labute approximate surface area is 232 Å². The van der Waals surface area contributed by atoms with Gasteiger partial charge in [0, 0.05) is 2.85 Å². The fourth-order valence-electron chi connectivity index (χ4n) is 4.46. The third kappa shape index (κ3) is 9.47. The van der Waals surface area contributed by atoms with Crippen molar-refractivity contribution in [3.8, 4) is 12.5 Å². The average Bonchev–Trinajstić information content (AvgIpc) is 2.82. The van der Waals surface area contributed by atoms with Crippen molar-refractivity contribution in [2.45, 2.75) is 106 Å². The van der Waals surface area contributed by atoms with E-state index in [1.807, 2.05) is 6.11 Å². The Kier molecular flexibility index (Phi) is 11.9. The molecule has 228 valence electrons. The van der Waals surface area contributed by atoms with E-state index in [9.17, 15) is 40.2 Å². The Hall–Kier alpha value is -1.63. The Morgan fingerprint density at radius 2 is 1.21 bits per heavy atom. The largest absolute Gasteiger partial charge is 0.463 e. The van der Waals surface area contributed by atoms with Gasteiger partial charge in [-0.3, -0.25) is 9.59 Å². The van der Waals surface area contributed by atoms with Crippen LogP contribution in [0.5, 0.6) is 0 Å². The number of ether oxygens (including phenoxy) is 5. The molecule has 0 radical (unpaired) electrons. The molecule has 0 spiro atoms. The summed E-state index contributed by atoms with van der Waals surface area (Å²) in [6.07, 6.45) is -6.40.